The molecular weight excluding hydrogens is 308 g/mol. The molecule has 0 atom stereocenters. The summed E-state index contributed by atoms with van der Waals surface area (Å²) in [5.74, 6) is -0.261. The van der Waals surface area contributed by atoms with Gasteiger partial charge in [-0.2, -0.15) is 0 Å². The number of hydrogen-bond acceptors (Lipinski definition) is 6. The Hall–Kier alpha value is -0.996. The smallest absolute Gasteiger partial charge is 2.00 e. The second-order valence-corrected chi connectivity index (χ2v) is 3.06. The number of carbonyl (C=O) groups excluding carboxylic acids is 1. The van der Waals surface area contributed by atoms with Crippen LogP contribution in [0.15, 0.2) is 24.3 Å². The molecule has 1 aromatic rings. The Morgan fingerprint density at radius 1 is 1.15 bits per heavy atom. The molecule has 0 saturated carbocycles. The largest absolute Gasteiger partial charge is 4.00 e. The molecule has 0 aliphatic heterocycles. The SMILES string of the molecule is COC(=O)c1ccc(O)cc1.OCC(O)CO.[O-2].[O-2].[Ti+4]. The summed E-state index contributed by atoms with van der Waals surface area (Å²) in [7, 11) is 1.31. The molecule has 0 amide bonds. The van der Waals surface area contributed by atoms with E-state index in [4.69, 9.17) is 20.4 Å². The van der Waals surface area contributed by atoms with Gasteiger partial charge in [-0.15, -0.1) is 0 Å². The molecule has 8 nitrogen and oxygen atoms in total. The van der Waals surface area contributed by atoms with Gasteiger partial charge >= 0.3 is 27.7 Å². The second kappa shape index (κ2) is 16.1. The van der Waals surface area contributed by atoms with Gasteiger partial charge in [0.25, 0.3) is 0 Å². The predicted octanol–water partition coefficient (Wildman–Crippen LogP) is -0.729. The van der Waals surface area contributed by atoms with Crippen molar-refractivity contribution in [3.63, 3.8) is 0 Å². The van der Waals surface area contributed by atoms with Gasteiger partial charge in [-0.3, -0.25) is 0 Å². The molecule has 0 heterocycles. The molecule has 0 aromatic heterocycles. The van der Waals surface area contributed by atoms with Crippen LogP contribution in [0.1, 0.15) is 10.4 Å². The van der Waals surface area contributed by atoms with Gasteiger partial charge in [-0.1, -0.05) is 0 Å². The Morgan fingerprint density at radius 2 is 1.55 bits per heavy atom. The van der Waals surface area contributed by atoms with E-state index in [0.29, 0.717) is 5.56 Å². The Morgan fingerprint density at radius 3 is 1.80 bits per heavy atom. The molecule has 112 valence electrons. The summed E-state index contributed by atoms with van der Waals surface area (Å²) in [5, 5.41) is 32.9. The first-order chi connectivity index (χ1) is 8.04. The summed E-state index contributed by atoms with van der Waals surface area (Å²) < 4.78 is 4.46. The van der Waals surface area contributed by atoms with Gasteiger partial charge in [0.15, 0.2) is 0 Å². The van der Waals surface area contributed by atoms with E-state index in [9.17, 15) is 4.79 Å². The van der Waals surface area contributed by atoms with Crippen LogP contribution in [0.4, 0.5) is 0 Å². The summed E-state index contributed by atoms with van der Waals surface area (Å²) in [5.41, 5.74) is 0.435. The molecule has 20 heavy (non-hydrogen) atoms. The van der Waals surface area contributed by atoms with E-state index in [1.165, 1.54) is 31.4 Å². The van der Waals surface area contributed by atoms with Crippen LogP contribution in [-0.2, 0) is 37.4 Å². The van der Waals surface area contributed by atoms with Crippen LogP contribution in [0.5, 0.6) is 5.75 Å². The van der Waals surface area contributed by atoms with Crippen molar-refractivity contribution in [1.29, 1.82) is 0 Å². The molecule has 0 fully saturated rings. The number of phenols is 1. The van der Waals surface area contributed by atoms with Gasteiger partial charge in [0.05, 0.1) is 25.9 Å². The number of hydrogen-bond donors (Lipinski definition) is 4. The second-order valence-electron chi connectivity index (χ2n) is 3.06. The molecule has 0 aliphatic carbocycles. The normalized spacial score (nSPS) is 8.05. The molecule has 0 radical (unpaired) electrons. The number of phenolic OH excluding ortho intramolecular Hbond substituents is 1. The maximum atomic E-state index is 10.8. The van der Waals surface area contributed by atoms with Crippen LogP contribution in [0, 0.1) is 0 Å². The van der Waals surface area contributed by atoms with E-state index in [1.807, 2.05) is 0 Å². The van der Waals surface area contributed by atoms with Crippen molar-refractivity contribution in [2.45, 2.75) is 6.10 Å². The minimum atomic E-state index is -0.954. The summed E-state index contributed by atoms with van der Waals surface area (Å²) in [6.07, 6.45) is -0.954. The van der Waals surface area contributed by atoms with Crippen LogP contribution in [0.3, 0.4) is 0 Å². The molecule has 1 rings (SSSR count). The third-order valence-corrected chi connectivity index (χ3v) is 1.71. The van der Waals surface area contributed by atoms with Crippen molar-refractivity contribution >= 4 is 5.97 Å². The fourth-order valence-electron chi connectivity index (χ4n) is 0.773. The number of benzene rings is 1. The quantitative estimate of drug-likeness (QED) is 0.423. The van der Waals surface area contributed by atoms with E-state index in [0.717, 1.165) is 0 Å². The van der Waals surface area contributed by atoms with Crippen molar-refractivity contribution in [2.75, 3.05) is 20.3 Å². The molecule has 0 saturated heterocycles. The number of aromatic hydroxyl groups is 1. The first-order valence-electron chi connectivity index (χ1n) is 4.82. The van der Waals surface area contributed by atoms with Crippen LogP contribution in [-0.4, -0.2) is 52.8 Å². The monoisotopic (exact) mass is 324 g/mol. The number of aliphatic hydroxyl groups excluding tert-OH is 3. The number of ether oxygens (including phenoxy) is 1. The van der Waals surface area contributed by atoms with E-state index >= 15 is 0 Å². The van der Waals surface area contributed by atoms with E-state index in [-0.39, 0.29) is 51.6 Å². The van der Waals surface area contributed by atoms with Gasteiger partial charge in [-0.25, -0.2) is 4.79 Å². The maximum absolute atomic E-state index is 10.8. The molecule has 1 aromatic carbocycles. The van der Waals surface area contributed by atoms with Crippen molar-refractivity contribution < 1.29 is 62.6 Å². The summed E-state index contributed by atoms with van der Waals surface area (Å²) in [6, 6.07) is 5.88. The Kier molecular flexibility index (Phi) is 22.0. The predicted molar refractivity (Wildman–Crippen MR) is 61.0 cm³/mol. The van der Waals surface area contributed by atoms with Crippen molar-refractivity contribution in [2.24, 2.45) is 0 Å². The standard InChI is InChI=1S/C8H8O3.C3H8O3.2O.Ti/c1-11-8(10)6-2-4-7(9)5-3-6;4-1-3(6)2-5;;;/h2-5,9H,1H3;3-6H,1-2H2;;;/q;;2*-2;+4. The van der Waals surface area contributed by atoms with Gasteiger partial charge < -0.3 is 36.1 Å². The van der Waals surface area contributed by atoms with Gasteiger partial charge in [-0.05, 0) is 24.3 Å². The average Bonchev–Trinajstić information content (AvgIpc) is 2.38. The fraction of sp³-hybridized carbons (Fsp3) is 0.364. The number of carbonyl (C=O) groups is 1. The summed E-state index contributed by atoms with van der Waals surface area (Å²) >= 11 is 0. The maximum Gasteiger partial charge on any atom is 4.00 e. The molecule has 9 heteroatoms. The zero-order chi connectivity index (χ0) is 13.3. The van der Waals surface area contributed by atoms with Crippen molar-refractivity contribution in [3.8, 4) is 5.75 Å². The first-order valence-corrected chi connectivity index (χ1v) is 4.82. The molecule has 4 N–H and O–H groups in total. The molecule has 0 bridgehead atoms. The number of methoxy groups -OCH3 is 1. The third kappa shape index (κ3) is 12.1. The topological polar surface area (TPSA) is 164 Å². The minimum absolute atomic E-state index is 0. The van der Waals surface area contributed by atoms with Gasteiger partial charge in [0.2, 0.25) is 0 Å². The molecule has 0 unspecified atom stereocenters. The van der Waals surface area contributed by atoms with E-state index in [1.54, 1.807) is 0 Å². The van der Waals surface area contributed by atoms with Gasteiger partial charge in [0.1, 0.15) is 11.9 Å². The fourth-order valence-corrected chi connectivity index (χ4v) is 0.773. The van der Waals surface area contributed by atoms with Gasteiger partial charge in [0, 0.05) is 0 Å². The summed E-state index contributed by atoms with van der Waals surface area (Å²) in [4.78, 5) is 10.8. The first kappa shape index (κ1) is 27.4. The number of esters is 1. The third-order valence-electron chi connectivity index (χ3n) is 1.71. The summed E-state index contributed by atoms with van der Waals surface area (Å²) in [6.45, 7) is -0.729. The molecule has 0 aliphatic rings. The van der Waals surface area contributed by atoms with Crippen LogP contribution < -0.4 is 0 Å². The van der Waals surface area contributed by atoms with E-state index < -0.39 is 12.1 Å². The Balaban J connectivity index is -0.000000126. The number of rotatable bonds is 3. The van der Waals surface area contributed by atoms with Crippen molar-refractivity contribution in [3.05, 3.63) is 29.8 Å². The van der Waals surface area contributed by atoms with E-state index in [2.05, 4.69) is 4.74 Å². The van der Waals surface area contributed by atoms with Crippen LogP contribution in [0.2, 0.25) is 0 Å². The average molecular weight is 324 g/mol. The van der Waals surface area contributed by atoms with Crippen LogP contribution >= 0.6 is 0 Å². The van der Waals surface area contributed by atoms with Crippen LogP contribution in [0.25, 0.3) is 0 Å². The minimum Gasteiger partial charge on any atom is -2.00 e. The number of aliphatic hydroxyl groups is 3. The zero-order valence-electron chi connectivity index (χ0n) is 10.7. The van der Waals surface area contributed by atoms with Crippen molar-refractivity contribution in [1.82, 2.24) is 0 Å². The molecular formula is C11H16O8Ti. The zero-order valence-corrected chi connectivity index (χ0v) is 12.3. The Labute approximate surface area is 131 Å². The Bertz CT molecular complexity index is 326. The molecule has 0 spiro atoms.